The molecule has 3 amide bonds. The van der Waals surface area contributed by atoms with Gasteiger partial charge in [-0.15, -0.1) is 0 Å². The Bertz CT molecular complexity index is 1240. The minimum absolute atomic E-state index is 0.135. The van der Waals surface area contributed by atoms with Crippen LogP contribution < -0.4 is 26.0 Å². The first-order valence-corrected chi connectivity index (χ1v) is 15.4. The van der Waals surface area contributed by atoms with E-state index in [1.165, 1.54) is 0 Å². The van der Waals surface area contributed by atoms with Crippen LogP contribution in [0.2, 0.25) is 5.02 Å². The predicted molar refractivity (Wildman–Crippen MR) is 159 cm³/mol. The number of carbonyl (C=O) groups excluding carboxylic acids is 3. The average Bonchev–Trinajstić information content (AvgIpc) is 3.65. The molecule has 1 heterocycles. The summed E-state index contributed by atoms with van der Waals surface area (Å²) in [5.74, 6) is 0.140. The second-order valence-corrected chi connectivity index (χ2v) is 12.1. The highest BCUT2D eigenvalue weighted by atomic mass is 35.5. The second kappa shape index (κ2) is 13.3. The molecule has 4 N–H and O–H groups in total. The van der Waals surface area contributed by atoms with Gasteiger partial charge in [-0.05, 0) is 67.9 Å². The average molecular weight is 581 g/mol. The molecule has 2 saturated carbocycles. The van der Waals surface area contributed by atoms with Gasteiger partial charge in [0, 0.05) is 24.5 Å². The van der Waals surface area contributed by atoms with E-state index >= 15 is 0 Å². The summed E-state index contributed by atoms with van der Waals surface area (Å²) in [4.78, 5) is 41.4. The number of hydrogen-bond donors (Lipinski definition) is 4. The van der Waals surface area contributed by atoms with Gasteiger partial charge in [0.05, 0.1) is 5.54 Å². The molecule has 41 heavy (non-hydrogen) atoms. The lowest BCUT2D eigenvalue weighted by Crippen LogP contribution is -2.66. The van der Waals surface area contributed by atoms with Crippen LogP contribution in [0, 0.1) is 0 Å². The summed E-state index contributed by atoms with van der Waals surface area (Å²) in [6.45, 7) is 1.42. The Kier molecular flexibility index (Phi) is 9.50. The Balaban J connectivity index is 1.42. The topological polar surface area (TPSA) is 109 Å². The Morgan fingerprint density at radius 3 is 2.32 bits per heavy atom. The van der Waals surface area contributed by atoms with Crippen LogP contribution in [0.1, 0.15) is 68.9 Å². The van der Waals surface area contributed by atoms with Gasteiger partial charge in [0.25, 0.3) is 0 Å². The third-order valence-electron chi connectivity index (χ3n) is 8.80. The zero-order chi connectivity index (χ0) is 28.7. The maximum absolute atomic E-state index is 14.0. The van der Waals surface area contributed by atoms with Crippen LogP contribution in [0.4, 0.5) is 0 Å². The quantitative estimate of drug-likeness (QED) is 0.432. The molecular weight excluding hydrogens is 540 g/mol. The standard InChI is InChI=1S/C32H41ClN4O4/c33-25-12-7-9-23(21-25)22-26-28(38)34-18-8-11-24-10-1-2-13-27(24)41-20-19-35-31(14-3-4-15-31)30(40)37-32(29(39)36-26)16-5-6-17-32/h1-2,7,9-10,12-13,21,26,35H,3-6,8,11,14-20,22H2,(H,34,38)(H,36,39)(H,37,40)/t26-/m0/s1. The second-order valence-electron chi connectivity index (χ2n) is 11.7. The van der Waals surface area contributed by atoms with Crippen molar-refractivity contribution in [3.63, 3.8) is 0 Å². The molecule has 8 nitrogen and oxygen atoms in total. The van der Waals surface area contributed by atoms with Crippen molar-refractivity contribution in [3.8, 4) is 5.75 Å². The molecule has 0 saturated heterocycles. The van der Waals surface area contributed by atoms with E-state index in [1.54, 1.807) is 6.07 Å². The number of ether oxygens (including phenoxy) is 1. The predicted octanol–water partition coefficient (Wildman–Crippen LogP) is 3.84. The van der Waals surface area contributed by atoms with Crippen molar-refractivity contribution < 1.29 is 19.1 Å². The van der Waals surface area contributed by atoms with Gasteiger partial charge in [0.2, 0.25) is 17.7 Å². The van der Waals surface area contributed by atoms with Gasteiger partial charge in [-0.25, -0.2) is 0 Å². The van der Waals surface area contributed by atoms with E-state index in [4.69, 9.17) is 16.3 Å². The molecule has 2 spiro atoms. The number of hydrogen-bond acceptors (Lipinski definition) is 5. The summed E-state index contributed by atoms with van der Waals surface area (Å²) >= 11 is 6.22. The molecule has 0 unspecified atom stereocenters. The highest BCUT2D eigenvalue weighted by Gasteiger charge is 2.49. The van der Waals surface area contributed by atoms with Crippen molar-refractivity contribution in [3.05, 3.63) is 64.7 Å². The summed E-state index contributed by atoms with van der Waals surface area (Å²) in [5.41, 5.74) is 0.150. The highest BCUT2D eigenvalue weighted by molar-refractivity contribution is 6.30. The fraction of sp³-hybridized carbons (Fsp3) is 0.531. The van der Waals surface area contributed by atoms with Crippen molar-refractivity contribution in [2.24, 2.45) is 0 Å². The van der Waals surface area contributed by atoms with Gasteiger partial charge in [-0.1, -0.05) is 67.6 Å². The number of aryl methyl sites for hydroxylation is 1. The Hall–Kier alpha value is -3.10. The lowest BCUT2D eigenvalue weighted by molar-refractivity contribution is -0.138. The van der Waals surface area contributed by atoms with Gasteiger partial charge >= 0.3 is 0 Å². The molecule has 0 bridgehead atoms. The minimum Gasteiger partial charge on any atom is -0.492 e. The Morgan fingerprint density at radius 1 is 0.829 bits per heavy atom. The van der Waals surface area contributed by atoms with Crippen molar-refractivity contribution >= 4 is 29.3 Å². The third kappa shape index (κ3) is 7.04. The molecule has 2 aliphatic carbocycles. The molecule has 1 atom stereocenters. The molecule has 2 aromatic carbocycles. The smallest absolute Gasteiger partial charge is 0.246 e. The van der Waals surface area contributed by atoms with E-state index in [2.05, 4.69) is 21.3 Å². The Morgan fingerprint density at radius 2 is 1.56 bits per heavy atom. The molecule has 2 aromatic rings. The molecule has 220 valence electrons. The van der Waals surface area contributed by atoms with E-state index in [9.17, 15) is 14.4 Å². The van der Waals surface area contributed by atoms with E-state index in [0.717, 1.165) is 55.4 Å². The van der Waals surface area contributed by atoms with Crippen molar-refractivity contribution in [2.45, 2.75) is 87.7 Å². The molecule has 1 aliphatic heterocycles. The van der Waals surface area contributed by atoms with Crippen molar-refractivity contribution in [2.75, 3.05) is 19.7 Å². The lowest BCUT2D eigenvalue weighted by atomic mass is 9.90. The normalized spacial score (nSPS) is 23.5. The zero-order valence-electron chi connectivity index (χ0n) is 23.6. The number of nitrogens with one attached hydrogen (secondary N) is 4. The summed E-state index contributed by atoms with van der Waals surface area (Å²) in [6.07, 6.45) is 7.87. The number of halogens is 1. The number of fused-ring (bicyclic) bond motifs is 1. The summed E-state index contributed by atoms with van der Waals surface area (Å²) in [5, 5.41) is 13.3. The van der Waals surface area contributed by atoms with Gasteiger partial charge < -0.3 is 20.7 Å². The molecular formula is C32H41ClN4O4. The van der Waals surface area contributed by atoms with Gasteiger partial charge in [0.15, 0.2) is 0 Å². The molecule has 3 aliphatic rings. The summed E-state index contributed by atoms with van der Waals surface area (Å²) < 4.78 is 6.14. The van der Waals surface area contributed by atoms with E-state index in [-0.39, 0.29) is 17.7 Å². The van der Waals surface area contributed by atoms with E-state index in [1.807, 2.05) is 42.5 Å². The van der Waals surface area contributed by atoms with Gasteiger partial charge in [-0.3, -0.25) is 19.7 Å². The minimum atomic E-state index is -1.04. The first-order chi connectivity index (χ1) is 19.9. The molecule has 9 heteroatoms. The van der Waals surface area contributed by atoms with Crippen molar-refractivity contribution in [1.29, 1.82) is 0 Å². The first kappa shape index (κ1) is 29.4. The SMILES string of the molecule is O=C1NCCCc2ccccc2OCCNC2(CCCC2)C(=O)NC2(CCCC2)C(=O)N[C@H]1Cc1cccc(Cl)c1. The monoisotopic (exact) mass is 580 g/mol. The zero-order valence-corrected chi connectivity index (χ0v) is 24.4. The fourth-order valence-electron chi connectivity index (χ4n) is 6.51. The maximum atomic E-state index is 14.0. The van der Waals surface area contributed by atoms with Crippen LogP contribution in [-0.2, 0) is 27.2 Å². The fourth-order valence-corrected chi connectivity index (χ4v) is 6.72. The van der Waals surface area contributed by atoms with Crippen LogP contribution in [0.15, 0.2) is 48.5 Å². The van der Waals surface area contributed by atoms with Crippen molar-refractivity contribution in [1.82, 2.24) is 21.3 Å². The number of amides is 3. The largest absolute Gasteiger partial charge is 0.492 e. The van der Waals surface area contributed by atoms with Gasteiger partial charge in [0.1, 0.15) is 23.9 Å². The van der Waals surface area contributed by atoms with E-state index in [0.29, 0.717) is 56.8 Å². The highest BCUT2D eigenvalue weighted by Crippen LogP contribution is 2.34. The molecule has 0 radical (unpaired) electrons. The summed E-state index contributed by atoms with van der Waals surface area (Å²) in [7, 11) is 0. The maximum Gasteiger partial charge on any atom is 0.246 e. The van der Waals surface area contributed by atoms with Crippen LogP contribution in [0.5, 0.6) is 5.75 Å². The molecule has 5 rings (SSSR count). The first-order valence-electron chi connectivity index (χ1n) is 15.0. The Labute approximate surface area is 247 Å². The number of para-hydroxylation sites is 1. The van der Waals surface area contributed by atoms with Crippen LogP contribution in [0.3, 0.4) is 0 Å². The number of carbonyl (C=O) groups is 3. The van der Waals surface area contributed by atoms with Crippen LogP contribution in [0.25, 0.3) is 0 Å². The summed E-state index contributed by atoms with van der Waals surface area (Å²) in [6, 6.07) is 14.5. The number of benzene rings is 2. The lowest BCUT2D eigenvalue weighted by Gasteiger charge is -2.36. The van der Waals surface area contributed by atoms with Crippen LogP contribution in [-0.4, -0.2) is 54.5 Å². The number of rotatable bonds is 2. The van der Waals surface area contributed by atoms with E-state index < -0.39 is 17.1 Å². The molecule has 0 aromatic heterocycles. The third-order valence-corrected chi connectivity index (χ3v) is 9.04. The molecule has 2 fully saturated rings. The van der Waals surface area contributed by atoms with Crippen LogP contribution >= 0.6 is 11.6 Å². The van der Waals surface area contributed by atoms with Gasteiger partial charge in [-0.2, -0.15) is 0 Å².